The van der Waals surface area contributed by atoms with E-state index in [0.717, 1.165) is 18.4 Å². The highest BCUT2D eigenvalue weighted by Crippen LogP contribution is 2.22. The van der Waals surface area contributed by atoms with E-state index < -0.39 is 0 Å². The Morgan fingerprint density at radius 2 is 2.10 bits per heavy atom. The molecule has 20 heavy (non-hydrogen) atoms. The Morgan fingerprint density at radius 3 is 2.65 bits per heavy atom. The summed E-state index contributed by atoms with van der Waals surface area (Å²) in [5, 5.41) is 11.8. The second kappa shape index (κ2) is 8.53. The third-order valence-corrected chi connectivity index (χ3v) is 3.43. The third-order valence-electron chi connectivity index (χ3n) is 3.43. The number of carbonyl (C=O) groups is 1. The van der Waals surface area contributed by atoms with Gasteiger partial charge in [0.05, 0.1) is 6.04 Å². The van der Waals surface area contributed by atoms with Gasteiger partial charge in [-0.25, -0.2) is 4.79 Å². The second-order valence-electron chi connectivity index (χ2n) is 5.03. The van der Waals surface area contributed by atoms with Gasteiger partial charge in [-0.05, 0) is 43.9 Å². The number of pyridine rings is 1. The molecule has 0 saturated carbocycles. The van der Waals surface area contributed by atoms with Crippen LogP contribution in [0.3, 0.4) is 0 Å². The highest BCUT2D eigenvalue weighted by Gasteiger charge is 2.20. The van der Waals surface area contributed by atoms with Gasteiger partial charge in [-0.15, -0.1) is 0 Å². The Morgan fingerprint density at radius 1 is 1.45 bits per heavy atom. The lowest BCUT2D eigenvalue weighted by atomic mass is 10.1. The highest BCUT2D eigenvalue weighted by atomic mass is 16.3. The van der Waals surface area contributed by atoms with Crippen LogP contribution in [0.2, 0.25) is 0 Å². The van der Waals surface area contributed by atoms with Crippen LogP contribution in [0.25, 0.3) is 0 Å². The minimum Gasteiger partial charge on any atom is -0.396 e. The van der Waals surface area contributed by atoms with Gasteiger partial charge in [-0.3, -0.25) is 4.98 Å². The van der Waals surface area contributed by atoms with E-state index in [0.29, 0.717) is 6.42 Å². The molecule has 0 bridgehead atoms. The molecule has 0 aromatic carbocycles. The molecule has 5 heteroatoms. The first-order valence-corrected chi connectivity index (χ1v) is 7.14. The molecule has 0 aliphatic carbocycles. The number of carbonyl (C=O) groups excluding carboxylic acids is 1. The zero-order valence-electron chi connectivity index (χ0n) is 12.5. The second-order valence-corrected chi connectivity index (χ2v) is 5.03. The van der Waals surface area contributed by atoms with Crippen molar-refractivity contribution < 1.29 is 9.90 Å². The summed E-state index contributed by atoms with van der Waals surface area (Å²) in [6.07, 6.45) is 5.81. The van der Waals surface area contributed by atoms with Crippen LogP contribution in [0.4, 0.5) is 4.79 Å². The first-order valence-electron chi connectivity index (χ1n) is 7.14. The molecule has 0 radical (unpaired) electrons. The van der Waals surface area contributed by atoms with Gasteiger partial charge in [0.15, 0.2) is 0 Å². The first kappa shape index (κ1) is 16.4. The molecule has 2 unspecified atom stereocenters. The zero-order valence-corrected chi connectivity index (χ0v) is 12.5. The number of nitrogens with zero attached hydrogens (tertiary/aromatic N) is 2. The van der Waals surface area contributed by atoms with Crippen molar-refractivity contribution in [1.29, 1.82) is 0 Å². The van der Waals surface area contributed by atoms with Gasteiger partial charge in [0.2, 0.25) is 0 Å². The van der Waals surface area contributed by atoms with Gasteiger partial charge >= 0.3 is 6.03 Å². The first-order chi connectivity index (χ1) is 9.60. The van der Waals surface area contributed by atoms with Crippen LogP contribution in [0.5, 0.6) is 0 Å². The molecule has 0 aliphatic rings. The number of nitrogens with one attached hydrogen (secondary N) is 1. The molecular formula is C15H25N3O2. The summed E-state index contributed by atoms with van der Waals surface area (Å²) in [6.45, 7) is 4.17. The van der Waals surface area contributed by atoms with E-state index >= 15 is 0 Å². The summed E-state index contributed by atoms with van der Waals surface area (Å²) in [4.78, 5) is 18.0. The molecule has 5 nitrogen and oxygen atoms in total. The maximum atomic E-state index is 12.2. The molecule has 2 atom stereocenters. The van der Waals surface area contributed by atoms with Crippen LogP contribution < -0.4 is 5.32 Å². The lowest BCUT2D eigenvalue weighted by Gasteiger charge is -2.29. The highest BCUT2D eigenvalue weighted by molar-refractivity contribution is 5.74. The Kier molecular flexibility index (Phi) is 7.01. The molecule has 1 rings (SSSR count). The van der Waals surface area contributed by atoms with Gasteiger partial charge < -0.3 is 15.3 Å². The molecule has 0 aliphatic heterocycles. The maximum Gasteiger partial charge on any atom is 0.317 e. The summed E-state index contributed by atoms with van der Waals surface area (Å²) in [6, 6.07) is 3.90. The number of hydrogen-bond donors (Lipinski definition) is 2. The smallest absolute Gasteiger partial charge is 0.317 e. The maximum absolute atomic E-state index is 12.2. The van der Waals surface area contributed by atoms with Gasteiger partial charge in [-0.1, -0.05) is 6.92 Å². The van der Waals surface area contributed by atoms with Gasteiger partial charge in [0.1, 0.15) is 0 Å². The van der Waals surface area contributed by atoms with E-state index in [1.54, 1.807) is 17.3 Å². The average molecular weight is 279 g/mol. The molecule has 112 valence electrons. The molecule has 2 N–H and O–H groups in total. The van der Waals surface area contributed by atoms with Crippen molar-refractivity contribution in [3.05, 3.63) is 30.1 Å². The summed E-state index contributed by atoms with van der Waals surface area (Å²) in [5.41, 5.74) is 1.09. The van der Waals surface area contributed by atoms with Crippen molar-refractivity contribution in [2.75, 3.05) is 13.7 Å². The van der Waals surface area contributed by atoms with Crippen LogP contribution in [-0.2, 0) is 0 Å². The summed E-state index contributed by atoms with van der Waals surface area (Å²) in [7, 11) is 1.81. The van der Waals surface area contributed by atoms with E-state index in [9.17, 15) is 4.79 Å². The van der Waals surface area contributed by atoms with Crippen LogP contribution in [0.1, 0.15) is 44.7 Å². The Bertz CT molecular complexity index is 397. The molecule has 0 saturated heterocycles. The van der Waals surface area contributed by atoms with Crippen molar-refractivity contribution in [2.45, 2.75) is 45.2 Å². The topological polar surface area (TPSA) is 65.5 Å². The SMILES string of the molecule is CCC(c1ccncc1)N(C)C(=O)NC(C)CCCO. The fraction of sp³-hybridized carbons (Fsp3) is 0.600. The van der Waals surface area contributed by atoms with Crippen LogP contribution in [0, 0.1) is 0 Å². The fourth-order valence-electron chi connectivity index (χ4n) is 2.24. The normalized spacial score (nSPS) is 13.6. The van der Waals surface area contributed by atoms with E-state index in [2.05, 4.69) is 17.2 Å². The Hall–Kier alpha value is -1.62. The summed E-state index contributed by atoms with van der Waals surface area (Å²) in [5.74, 6) is 0. The molecule has 0 spiro atoms. The van der Waals surface area contributed by atoms with Crippen molar-refractivity contribution >= 4 is 6.03 Å². The van der Waals surface area contributed by atoms with Crippen molar-refractivity contribution in [3.8, 4) is 0 Å². The van der Waals surface area contributed by atoms with Gasteiger partial charge in [0, 0.05) is 32.1 Å². The quantitative estimate of drug-likeness (QED) is 0.805. The number of aliphatic hydroxyl groups excluding tert-OH is 1. The Labute approximate surface area is 121 Å². The van der Waals surface area contributed by atoms with Crippen LogP contribution in [-0.4, -0.2) is 40.7 Å². The van der Waals surface area contributed by atoms with Gasteiger partial charge in [0.25, 0.3) is 0 Å². The molecule has 2 amide bonds. The summed E-state index contributed by atoms with van der Waals surface area (Å²) < 4.78 is 0. The minimum atomic E-state index is -0.0842. The van der Waals surface area contributed by atoms with E-state index in [1.807, 2.05) is 26.1 Å². The predicted octanol–water partition coefficient (Wildman–Crippen LogP) is 2.34. The Balaban J connectivity index is 2.62. The number of amides is 2. The molecule has 1 aromatic heterocycles. The van der Waals surface area contributed by atoms with Crippen molar-refractivity contribution in [2.24, 2.45) is 0 Å². The van der Waals surface area contributed by atoms with Gasteiger partial charge in [-0.2, -0.15) is 0 Å². The van der Waals surface area contributed by atoms with E-state index in [-0.39, 0.29) is 24.7 Å². The monoisotopic (exact) mass is 279 g/mol. The fourth-order valence-corrected chi connectivity index (χ4v) is 2.24. The third kappa shape index (κ3) is 4.81. The largest absolute Gasteiger partial charge is 0.396 e. The average Bonchev–Trinajstić information content (AvgIpc) is 2.46. The lowest BCUT2D eigenvalue weighted by Crippen LogP contribution is -2.43. The molecular weight excluding hydrogens is 254 g/mol. The summed E-state index contributed by atoms with van der Waals surface area (Å²) >= 11 is 0. The molecule has 1 aromatic rings. The van der Waals surface area contributed by atoms with E-state index in [1.165, 1.54) is 0 Å². The number of rotatable bonds is 7. The number of urea groups is 1. The minimum absolute atomic E-state index is 0.0445. The number of hydrogen-bond acceptors (Lipinski definition) is 3. The van der Waals surface area contributed by atoms with Crippen molar-refractivity contribution in [1.82, 2.24) is 15.2 Å². The number of aliphatic hydroxyl groups is 1. The molecule has 1 heterocycles. The zero-order chi connectivity index (χ0) is 15.0. The van der Waals surface area contributed by atoms with Crippen molar-refractivity contribution in [3.63, 3.8) is 0 Å². The van der Waals surface area contributed by atoms with E-state index in [4.69, 9.17) is 5.11 Å². The van der Waals surface area contributed by atoms with Crippen LogP contribution in [0.15, 0.2) is 24.5 Å². The number of aromatic nitrogens is 1. The molecule has 0 fully saturated rings. The lowest BCUT2D eigenvalue weighted by molar-refractivity contribution is 0.183. The van der Waals surface area contributed by atoms with Crippen LogP contribution >= 0.6 is 0 Å². The standard InChI is InChI=1S/C15H25N3O2/c1-4-14(13-7-9-16-10-8-13)18(3)15(20)17-12(2)6-5-11-19/h7-10,12,14,19H,4-6,11H2,1-3H3,(H,17,20). The predicted molar refractivity (Wildman–Crippen MR) is 79.3 cm³/mol.